The Morgan fingerprint density at radius 1 is 1.19 bits per heavy atom. The van der Waals surface area contributed by atoms with Gasteiger partial charge in [0.05, 0.1) is 6.54 Å². The Kier molecular flexibility index (Phi) is 5.48. The number of benzene rings is 1. The minimum absolute atomic E-state index is 0. The van der Waals surface area contributed by atoms with E-state index in [1.165, 1.54) is 0 Å². The van der Waals surface area contributed by atoms with Gasteiger partial charge in [0.1, 0.15) is 0 Å². The number of nitrogens with one attached hydrogen (secondary N) is 1. The van der Waals surface area contributed by atoms with Crippen LogP contribution in [0.2, 0.25) is 0 Å². The molecule has 2 aliphatic rings. The topological polar surface area (TPSA) is 41.6 Å². The van der Waals surface area contributed by atoms with E-state index < -0.39 is 0 Å². The van der Waals surface area contributed by atoms with Crippen LogP contribution in [0.15, 0.2) is 30.3 Å². The van der Waals surface area contributed by atoms with Gasteiger partial charge in [-0.05, 0) is 36.8 Å². The first-order valence-electron chi connectivity index (χ1n) is 7.42. The average molecular weight is 311 g/mol. The number of hydrogen-bond donors (Lipinski definition) is 1. The zero-order valence-electron chi connectivity index (χ0n) is 12.2. The molecule has 1 N–H and O–H groups in total. The van der Waals surface area contributed by atoms with Crippen LogP contribution in [-0.2, 0) is 9.53 Å². The standard InChI is InChI=1S/C16H22N2O2.ClH/c19-15(12-17-14-4-2-1-3-5-14)18-9-6-16(13-18)7-10-20-11-8-16;/h1-5,17H,6-13H2;1H. The lowest BCUT2D eigenvalue weighted by molar-refractivity contribution is -0.129. The van der Waals surface area contributed by atoms with E-state index in [2.05, 4.69) is 5.32 Å². The highest BCUT2D eigenvalue weighted by molar-refractivity contribution is 5.85. The number of ether oxygens (including phenoxy) is 1. The van der Waals surface area contributed by atoms with Crippen molar-refractivity contribution in [2.24, 2.45) is 5.41 Å². The Labute approximate surface area is 132 Å². The smallest absolute Gasteiger partial charge is 0.241 e. The zero-order valence-corrected chi connectivity index (χ0v) is 13.0. The highest BCUT2D eigenvalue weighted by atomic mass is 35.5. The Hall–Kier alpha value is -1.26. The van der Waals surface area contributed by atoms with Gasteiger partial charge in [-0.2, -0.15) is 0 Å². The summed E-state index contributed by atoms with van der Waals surface area (Å²) in [4.78, 5) is 14.3. The molecule has 1 aromatic rings. The molecule has 2 aliphatic heterocycles. The Morgan fingerprint density at radius 2 is 1.90 bits per heavy atom. The van der Waals surface area contributed by atoms with Crippen LogP contribution in [0.25, 0.3) is 0 Å². The van der Waals surface area contributed by atoms with Crippen molar-refractivity contribution in [3.8, 4) is 0 Å². The van der Waals surface area contributed by atoms with Gasteiger partial charge in [-0.1, -0.05) is 18.2 Å². The normalized spacial score (nSPS) is 20.1. The molecule has 5 heteroatoms. The van der Waals surface area contributed by atoms with E-state index >= 15 is 0 Å². The molecule has 0 bridgehead atoms. The number of anilines is 1. The maximum Gasteiger partial charge on any atom is 0.241 e. The molecule has 0 unspecified atom stereocenters. The number of likely N-dealkylation sites (tertiary alicyclic amines) is 1. The van der Waals surface area contributed by atoms with Crippen molar-refractivity contribution < 1.29 is 9.53 Å². The quantitative estimate of drug-likeness (QED) is 0.933. The number of carbonyl (C=O) groups excluding carboxylic acids is 1. The van der Waals surface area contributed by atoms with Crippen molar-refractivity contribution in [2.75, 3.05) is 38.2 Å². The van der Waals surface area contributed by atoms with E-state index in [9.17, 15) is 4.79 Å². The molecule has 4 nitrogen and oxygen atoms in total. The van der Waals surface area contributed by atoms with E-state index in [0.29, 0.717) is 12.0 Å². The fourth-order valence-corrected chi connectivity index (χ4v) is 3.21. The minimum Gasteiger partial charge on any atom is -0.381 e. The summed E-state index contributed by atoms with van der Waals surface area (Å²) in [5.74, 6) is 0.206. The van der Waals surface area contributed by atoms with Crippen molar-refractivity contribution in [3.05, 3.63) is 30.3 Å². The van der Waals surface area contributed by atoms with Gasteiger partial charge in [-0.3, -0.25) is 4.79 Å². The summed E-state index contributed by atoms with van der Waals surface area (Å²) in [7, 11) is 0. The molecule has 0 aliphatic carbocycles. The number of para-hydroxylation sites is 1. The Morgan fingerprint density at radius 3 is 2.62 bits per heavy atom. The van der Waals surface area contributed by atoms with Crippen LogP contribution >= 0.6 is 12.4 Å². The molecule has 2 fully saturated rings. The first-order valence-corrected chi connectivity index (χ1v) is 7.42. The molecular weight excluding hydrogens is 288 g/mol. The van der Waals surface area contributed by atoms with Crippen molar-refractivity contribution in [3.63, 3.8) is 0 Å². The largest absolute Gasteiger partial charge is 0.381 e. The van der Waals surface area contributed by atoms with Gasteiger partial charge in [-0.25, -0.2) is 0 Å². The molecule has 1 spiro atoms. The molecule has 1 aromatic carbocycles. The lowest BCUT2D eigenvalue weighted by atomic mass is 9.80. The van der Waals surface area contributed by atoms with Crippen LogP contribution in [0.3, 0.4) is 0 Å². The molecule has 1 amide bonds. The van der Waals surface area contributed by atoms with Gasteiger partial charge in [-0.15, -0.1) is 12.4 Å². The van der Waals surface area contributed by atoms with E-state index in [4.69, 9.17) is 4.74 Å². The Bertz CT molecular complexity index is 461. The number of amides is 1. The fourth-order valence-electron chi connectivity index (χ4n) is 3.21. The molecule has 0 atom stereocenters. The fraction of sp³-hybridized carbons (Fsp3) is 0.562. The van der Waals surface area contributed by atoms with Crippen LogP contribution < -0.4 is 5.32 Å². The van der Waals surface area contributed by atoms with Gasteiger partial charge in [0, 0.05) is 32.0 Å². The highest BCUT2D eigenvalue weighted by Gasteiger charge is 2.40. The molecule has 116 valence electrons. The minimum atomic E-state index is 0. The molecule has 0 aromatic heterocycles. The van der Waals surface area contributed by atoms with Gasteiger partial charge in [0.2, 0.25) is 5.91 Å². The molecule has 2 saturated heterocycles. The number of halogens is 1. The predicted octanol–water partition coefficient (Wildman–Crippen LogP) is 2.55. The molecule has 21 heavy (non-hydrogen) atoms. The van der Waals surface area contributed by atoms with Crippen LogP contribution in [0.1, 0.15) is 19.3 Å². The summed E-state index contributed by atoms with van der Waals surface area (Å²) in [5.41, 5.74) is 1.33. The summed E-state index contributed by atoms with van der Waals surface area (Å²) in [6.45, 7) is 3.89. The van der Waals surface area contributed by atoms with E-state index in [0.717, 1.165) is 51.3 Å². The summed E-state index contributed by atoms with van der Waals surface area (Å²) >= 11 is 0. The lowest BCUT2D eigenvalue weighted by Gasteiger charge is -2.33. The first kappa shape index (κ1) is 16.1. The van der Waals surface area contributed by atoms with Crippen molar-refractivity contribution in [2.45, 2.75) is 19.3 Å². The van der Waals surface area contributed by atoms with Crippen LogP contribution in [0.4, 0.5) is 5.69 Å². The number of nitrogens with zero attached hydrogens (tertiary/aromatic N) is 1. The third-order valence-electron chi connectivity index (χ3n) is 4.56. The van der Waals surface area contributed by atoms with Crippen molar-refractivity contribution in [1.29, 1.82) is 0 Å². The van der Waals surface area contributed by atoms with Gasteiger partial charge in [0.25, 0.3) is 0 Å². The maximum atomic E-state index is 12.3. The van der Waals surface area contributed by atoms with Gasteiger partial charge >= 0.3 is 0 Å². The monoisotopic (exact) mass is 310 g/mol. The van der Waals surface area contributed by atoms with Crippen LogP contribution in [0, 0.1) is 5.41 Å². The summed E-state index contributed by atoms with van der Waals surface area (Å²) in [6.07, 6.45) is 3.33. The SMILES string of the molecule is Cl.O=C(CNc1ccccc1)N1CCC2(CCOCC2)C1. The van der Waals surface area contributed by atoms with Crippen LogP contribution in [0.5, 0.6) is 0 Å². The second-order valence-electron chi connectivity index (χ2n) is 5.90. The van der Waals surface area contributed by atoms with Crippen molar-refractivity contribution >= 4 is 24.0 Å². The number of hydrogen-bond acceptors (Lipinski definition) is 3. The highest BCUT2D eigenvalue weighted by Crippen LogP contribution is 2.39. The van der Waals surface area contributed by atoms with E-state index in [-0.39, 0.29) is 18.3 Å². The van der Waals surface area contributed by atoms with Gasteiger partial charge < -0.3 is 15.0 Å². The third-order valence-corrected chi connectivity index (χ3v) is 4.56. The lowest BCUT2D eigenvalue weighted by Crippen LogP contribution is -2.37. The summed E-state index contributed by atoms with van der Waals surface area (Å²) in [5, 5.41) is 3.20. The zero-order chi connectivity index (χ0) is 13.8. The molecule has 2 heterocycles. The molecular formula is C16H23ClN2O2. The number of rotatable bonds is 3. The molecule has 3 rings (SSSR count). The molecule has 0 saturated carbocycles. The first-order chi connectivity index (χ1) is 9.77. The van der Waals surface area contributed by atoms with E-state index in [1.807, 2.05) is 35.2 Å². The average Bonchev–Trinajstić information content (AvgIpc) is 2.90. The van der Waals surface area contributed by atoms with Crippen LogP contribution in [-0.4, -0.2) is 43.7 Å². The van der Waals surface area contributed by atoms with Gasteiger partial charge in [0.15, 0.2) is 0 Å². The maximum absolute atomic E-state index is 12.3. The second-order valence-corrected chi connectivity index (χ2v) is 5.90. The van der Waals surface area contributed by atoms with E-state index in [1.54, 1.807) is 0 Å². The molecule has 0 radical (unpaired) electrons. The summed E-state index contributed by atoms with van der Waals surface area (Å²) in [6, 6.07) is 9.89. The summed E-state index contributed by atoms with van der Waals surface area (Å²) < 4.78 is 5.44. The number of carbonyl (C=O) groups is 1. The predicted molar refractivity (Wildman–Crippen MR) is 85.9 cm³/mol. The van der Waals surface area contributed by atoms with Crippen molar-refractivity contribution in [1.82, 2.24) is 4.90 Å². The third kappa shape index (κ3) is 3.89. The second kappa shape index (κ2) is 7.14. The Balaban J connectivity index is 0.00000161.